The first-order chi connectivity index (χ1) is 9.10. The quantitative estimate of drug-likeness (QED) is 0.451. The van der Waals surface area contributed by atoms with Gasteiger partial charge in [0.1, 0.15) is 11.5 Å². The fraction of sp³-hybridized carbons (Fsp3) is 0.0769. The van der Waals surface area contributed by atoms with E-state index in [1.54, 1.807) is 18.2 Å². The second-order valence-corrected chi connectivity index (χ2v) is 4.93. The van der Waals surface area contributed by atoms with Crippen LogP contribution in [0.1, 0.15) is 5.56 Å². The monoisotopic (exact) mass is 341 g/mol. The lowest BCUT2D eigenvalue weighted by molar-refractivity contribution is -0.384. The van der Waals surface area contributed by atoms with E-state index < -0.39 is 4.92 Å². The van der Waals surface area contributed by atoms with Crippen LogP contribution < -0.4 is 4.74 Å². The Morgan fingerprint density at radius 1 is 1.26 bits per heavy atom. The normalized spacial score (nSPS) is 10.2. The highest BCUT2D eigenvalue weighted by Crippen LogP contribution is 2.31. The van der Waals surface area contributed by atoms with Gasteiger partial charge in [-0.25, -0.2) is 0 Å². The highest BCUT2D eigenvalue weighted by Gasteiger charge is 2.09. The number of benzene rings is 2. The third kappa shape index (κ3) is 3.45. The van der Waals surface area contributed by atoms with Crippen LogP contribution in [0.3, 0.4) is 0 Å². The Balaban J connectivity index is 2.33. The highest BCUT2D eigenvalue weighted by molar-refractivity contribution is 9.10. The minimum absolute atomic E-state index is 0.0140. The van der Waals surface area contributed by atoms with Gasteiger partial charge in [0.15, 0.2) is 0 Å². The topological polar surface area (TPSA) is 52.4 Å². The molecule has 0 spiro atoms. The molecule has 0 bridgehead atoms. The van der Waals surface area contributed by atoms with Gasteiger partial charge in [-0.15, -0.1) is 11.6 Å². The van der Waals surface area contributed by atoms with Crippen molar-refractivity contribution in [1.29, 1.82) is 0 Å². The van der Waals surface area contributed by atoms with E-state index in [9.17, 15) is 10.1 Å². The molecule has 2 aromatic carbocycles. The van der Waals surface area contributed by atoms with Crippen molar-refractivity contribution in [2.45, 2.75) is 5.88 Å². The van der Waals surface area contributed by atoms with Crippen molar-refractivity contribution in [3.05, 3.63) is 62.6 Å². The minimum atomic E-state index is -0.462. The van der Waals surface area contributed by atoms with Gasteiger partial charge in [0.05, 0.1) is 16.9 Å². The molecule has 0 saturated heterocycles. The number of rotatable bonds is 4. The van der Waals surface area contributed by atoms with Crippen LogP contribution in [0, 0.1) is 10.1 Å². The Kier molecular flexibility index (Phi) is 4.39. The molecule has 4 nitrogen and oxygen atoms in total. The largest absolute Gasteiger partial charge is 0.457 e. The van der Waals surface area contributed by atoms with E-state index in [-0.39, 0.29) is 5.69 Å². The molecule has 0 aliphatic carbocycles. The van der Waals surface area contributed by atoms with Crippen molar-refractivity contribution in [3.63, 3.8) is 0 Å². The summed E-state index contributed by atoms with van der Waals surface area (Å²) in [4.78, 5) is 10.2. The number of alkyl halides is 1. The summed E-state index contributed by atoms with van der Waals surface area (Å²) in [5.41, 5.74) is 0.802. The molecule has 6 heteroatoms. The summed E-state index contributed by atoms with van der Waals surface area (Å²) < 4.78 is 6.50. The van der Waals surface area contributed by atoms with Crippen molar-refractivity contribution in [2.24, 2.45) is 0 Å². The lowest BCUT2D eigenvalue weighted by Gasteiger charge is -2.09. The number of nitro groups is 1. The zero-order valence-electron chi connectivity index (χ0n) is 9.68. The molecule has 0 heterocycles. The van der Waals surface area contributed by atoms with Crippen molar-refractivity contribution in [3.8, 4) is 11.5 Å². The number of non-ortho nitro benzene ring substituents is 1. The highest BCUT2D eigenvalue weighted by atomic mass is 79.9. The fourth-order valence-corrected chi connectivity index (χ4v) is 2.08. The molecule has 98 valence electrons. The Hall–Kier alpha value is -1.59. The van der Waals surface area contributed by atoms with E-state index in [1.165, 1.54) is 12.1 Å². The summed E-state index contributed by atoms with van der Waals surface area (Å²) in [5, 5.41) is 10.7. The SMILES string of the molecule is O=[N+]([O-])c1cccc(Oc2cc(Br)ccc2CCl)c1. The van der Waals surface area contributed by atoms with Gasteiger partial charge in [-0.2, -0.15) is 0 Å². The Bertz CT molecular complexity index is 619. The Labute approximate surface area is 123 Å². The first-order valence-corrected chi connectivity index (χ1v) is 6.69. The van der Waals surface area contributed by atoms with Crippen LogP contribution in [-0.2, 0) is 5.88 Å². The van der Waals surface area contributed by atoms with Gasteiger partial charge in [0.25, 0.3) is 5.69 Å². The number of ether oxygens (including phenoxy) is 1. The van der Waals surface area contributed by atoms with E-state index in [4.69, 9.17) is 16.3 Å². The lowest BCUT2D eigenvalue weighted by Crippen LogP contribution is -1.92. The van der Waals surface area contributed by atoms with E-state index in [0.29, 0.717) is 17.4 Å². The second-order valence-electron chi connectivity index (χ2n) is 3.74. The molecule has 0 radical (unpaired) electrons. The van der Waals surface area contributed by atoms with Crippen LogP contribution in [0.2, 0.25) is 0 Å². The number of halogens is 2. The molecule has 0 atom stereocenters. The molecule has 0 amide bonds. The first kappa shape index (κ1) is 13.8. The predicted octanol–water partition coefficient (Wildman–Crippen LogP) is 4.89. The van der Waals surface area contributed by atoms with Crippen molar-refractivity contribution < 1.29 is 9.66 Å². The van der Waals surface area contributed by atoms with Crippen LogP contribution in [0.5, 0.6) is 11.5 Å². The Morgan fingerprint density at radius 3 is 2.74 bits per heavy atom. The van der Waals surface area contributed by atoms with Gasteiger partial charge in [-0.1, -0.05) is 28.1 Å². The lowest BCUT2D eigenvalue weighted by atomic mass is 10.2. The van der Waals surface area contributed by atoms with Gasteiger partial charge >= 0.3 is 0 Å². The van der Waals surface area contributed by atoms with E-state index in [0.717, 1.165) is 10.0 Å². The molecule has 0 aliphatic rings. The number of hydrogen-bond donors (Lipinski definition) is 0. The first-order valence-electron chi connectivity index (χ1n) is 5.37. The summed E-state index contributed by atoms with van der Waals surface area (Å²) in [7, 11) is 0. The predicted molar refractivity (Wildman–Crippen MR) is 76.9 cm³/mol. The summed E-state index contributed by atoms with van der Waals surface area (Å²) in [6.45, 7) is 0. The Morgan fingerprint density at radius 2 is 2.05 bits per heavy atom. The minimum Gasteiger partial charge on any atom is -0.457 e. The number of nitrogens with zero attached hydrogens (tertiary/aromatic N) is 1. The smallest absolute Gasteiger partial charge is 0.273 e. The maximum atomic E-state index is 10.7. The average molecular weight is 343 g/mol. The molecule has 0 saturated carbocycles. The van der Waals surface area contributed by atoms with Crippen molar-refractivity contribution in [2.75, 3.05) is 0 Å². The van der Waals surface area contributed by atoms with Crippen LogP contribution >= 0.6 is 27.5 Å². The summed E-state index contributed by atoms with van der Waals surface area (Å²) >= 11 is 9.17. The van der Waals surface area contributed by atoms with Crippen molar-refractivity contribution in [1.82, 2.24) is 0 Å². The third-order valence-corrected chi connectivity index (χ3v) is 3.21. The molecule has 19 heavy (non-hydrogen) atoms. The fourth-order valence-electron chi connectivity index (χ4n) is 1.52. The summed E-state index contributed by atoms with van der Waals surface area (Å²) in [6.07, 6.45) is 0. The van der Waals surface area contributed by atoms with Gasteiger partial charge in [0.2, 0.25) is 0 Å². The maximum absolute atomic E-state index is 10.7. The number of hydrogen-bond acceptors (Lipinski definition) is 3. The van der Waals surface area contributed by atoms with Gasteiger partial charge in [0, 0.05) is 16.1 Å². The standard InChI is InChI=1S/C13H9BrClNO3/c14-10-5-4-9(8-15)13(6-10)19-12-3-1-2-11(7-12)16(17)18/h1-7H,8H2. The molecule has 0 unspecified atom stereocenters. The van der Waals surface area contributed by atoms with Gasteiger partial charge in [-0.05, 0) is 18.2 Å². The van der Waals surface area contributed by atoms with Crippen molar-refractivity contribution >= 4 is 33.2 Å². The summed E-state index contributed by atoms with van der Waals surface area (Å²) in [5.74, 6) is 1.28. The van der Waals surface area contributed by atoms with E-state index in [2.05, 4.69) is 15.9 Å². The van der Waals surface area contributed by atoms with Crippen LogP contribution in [0.4, 0.5) is 5.69 Å². The molecular weight excluding hydrogens is 334 g/mol. The number of nitro benzene ring substituents is 1. The summed E-state index contributed by atoms with van der Waals surface area (Å²) in [6, 6.07) is 11.5. The molecule has 0 aliphatic heterocycles. The second kappa shape index (κ2) is 6.04. The third-order valence-electron chi connectivity index (χ3n) is 2.43. The molecule has 2 rings (SSSR count). The van der Waals surface area contributed by atoms with E-state index in [1.807, 2.05) is 12.1 Å². The van der Waals surface area contributed by atoms with Crippen LogP contribution in [0.25, 0.3) is 0 Å². The van der Waals surface area contributed by atoms with Crippen LogP contribution in [0.15, 0.2) is 46.9 Å². The molecule has 0 aromatic heterocycles. The average Bonchev–Trinajstić information content (AvgIpc) is 2.39. The zero-order chi connectivity index (χ0) is 13.8. The van der Waals surface area contributed by atoms with Gasteiger partial charge < -0.3 is 4.74 Å². The van der Waals surface area contributed by atoms with E-state index >= 15 is 0 Å². The molecule has 0 N–H and O–H groups in total. The molecule has 0 fully saturated rings. The zero-order valence-corrected chi connectivity index (χ0v) is 12.0. The van der Waals surface area contributed by atoms with Gasteiger partial charge in [-0.3, -0.25) is 10.1 Å². The van der Waals surface area contributed by atoms with Crippen LogP contribution in [-0.4, -0.2) is 4.92 Å². The molecular formula is C13H9BrClNO3. The molecule has 2 aromatic rings. The maximum Gasteiger partial charge on any atom is 0.273 e.